The molecule has 2 heterocycles. The van der Waals surface area contributed by atoms with E-state index in [0.29, 0.717) is 17.5 Å². The molecule has 0 aliphatic carbocycles. The van der Waals surface area contributed by atoms with Crippen LogP contribution >= 0.6 is 0 Å². The summed E-state index contributed by atoms with van der Waals surface area (Å²) in [6.45, 7) is 18.2. The SMILES string of the molecule is CC(C)N1CC2CN(C(C)C)C(C1)C2(C)C. The monoisotopic (exact) mass is 224 g/mol. The molecule has 0 radical (unpaired) electrons. The third-order valence-electron chi connectivity index (χ3n) is 5.00. The first-order valence-electron chi connectivity index (χ1n) is 6.83. The molecular weight excluding hydrogens is 196 g/mol. The number of rotatable bonds is 2. The van der Waals surface area contributed by atoms with Crippen molar-refractivity contribution in [2.75, 3.05) is 19.6 Å². The molecular formula is C14H28N2. The molecule has 0 amide bonds. The fourth-order valence-corrected chi connectivity index (χ4v) is 3.52. The first kappa shape index (κ1) is 12.4. The molecule has 94 valence electrons. The van der Waals surface area contributed by atoms with Crippen LogP contribution in [0.3, 0.4) is 0 Å². The number of likely N-dealkylation sites (tertiary alicyclic amines) is 2. The van der Waals surface area contributed by atoms with Crippen molar-refractivity contribution in [3.63, 3.8) is 0 Å². The Morgan fingerprint density at radius 2 is 1.56 bits per heavy atom. The molecule has 2 saturated heterocycles. The van der Waals surface area contributed by atoms with Gasteiger partial charge >= 0.3 is 0 Å². The third-order valence-corrected chi connectivity index (χ3v) is 5.00. The summed E-state index contributed by atoms with van der Waals surface area (Å²) in [5.41, 5.74) is 0.510. The normalized spacial score (nSPS) is 35.2. The fraction of sp³-hybridized carbons (Fsp3) is 1.00. The van der Waals surface area contributed by atoms with E-state index in [0.717, 1.165) is 12.0 Å². The first-order chi connectivity index (χ1) is 7.34. The zero-order valence-corrected chi connectivity index (χ0v) is 11.8. The molecule has 2 unspecified atom stereocenters. The number of hydrogen-bond donors (Lipinski definition) is 0. The largest absolute Gasteiger partial charge is 0.299 e. The van der Waals surface area contributed by atoms with E-state index in [2.05, 4.69) is 51.3 Å². The van der Waals surface area contributed by atoms with Crippen LogP contribution in [0.2, 0.25) is 0 Å². The molecule has 2 heteroatoms. The van der Waals surface area contributed by atoms with Gasteiger partial charge in [0.25, 0.3) is 0 Å². The molecule has 2 rings (SSSR count). The molecule has 2 aliphatic heterocycles. The van der Waals surface area contributed by atoms with Gasteiger partial charge in [-0.2, -0.15) is 0 Å². The Hall–Kier alpha value is -0.0800. The van der Waals surface area contributed by atoms with E-state index in [4.69, 9.17) is 0 Å². The smallest absolute Gasteiger partial charge is 0.0280 e. The highest BCUT2D eigenvalue weighted by molar-refractivity contribution is 5.06. The van der Waals surface area contributed by atoms with Crippen molar-refractivity contribution in [1.82, 2.24) is 9.80 Å². The van der Waals surface area contributed by atoms with Crippen LogP contribution < -0.4 is 0 Å². The lowest BCUT2D eigenvalue weighted by Crippen LogP contribution is -2.54. The summed E-state index contributed by atoms with van der Waals surface area (Å²) in [5.74, 6) is 0.857. The van der Waals surface area contributed by atoms with Crippen molar-refractivity contribution in [3.05, 3.63) is 0 Å². The van der Waals surface area contributed by atoms with Crippen molar-refractivity contribution < 1.29 is 0 Å². The Bertz CT molecular complexity index is 255. The molecule has 2 fully saturated rings. The second kappa shape index (κ2) is 3.99. The van der Waals surface area contributed by atoms with Gasteiger partial charge in [0.15, 0.2) is 0 Å². The van der Waals surface area contributed by atoms with Crippen molar-refractivity contribution >= 4 is 0 Å². The molecule has 2 bridgehead atoms. The summed E-state index contributed by atoms with van der Waals surface area (Å²) >= 11 is 0. The van der Waals surface area contributed by atoms with E-state index in [1.165, 1.54) is 19.6 Å². The zero-order chi connectivity index (χ0) is 12.1. The van der Waals surface area contributed by atoms with Gasteiger partial charge in [-0.25, -0.2) is 0 Å². The molecule has 0 spiro atoms. The van der Waals surface area contributed by atoms with Gasteiger partial charge in [0, 0.05) is 37.8 Å². The highest BCUT2D eigenvalue weighted by Gasteiger charge is 2.52. The number of nitrogens with zero attached hydrogens (tertiary/aromatic N) is 2. The van der Waals surface area contributed by atoms with Crippen LogP contribution in [0.15, 0.2) is 0 Å². The third kappa shape index (κ3) is 1.80. The van der Waals surface area contributed by atoms with E-state index in [-0.39, 0.29) is 0 Å². The topological polar surface area (TPSA) is 6.48 Å². The standard InChI is InChI=1S/C14H28N2/c1-10(2)15-7-12-8-16(11(3)4)13(9-15)14(12,5)6/h10-13H,7-9H2,1-6H3. The van der Waals surface area contributed by atoms with E-state index in [1.807, 2.05) is 0 Å². The number of fused-ring (bicyclic) bond motifs is 2. The van der Waals surface area contributed by atoms with Gasteiger partial charge in [-0.15, -0.1) is 0 Å². The Labute approximate surface area is 101 Å². The Morgan fingerprint density at radius 1 is 0.938 bits per heavy atom. The molecule has 2 atom stereocenters. The van der Waals surface area contributed by atoms with E-state index < -0.39 is 0 Å². The van der Waals surface area contributed by atoms with Crippen LogP contribution in [0.1, 0.15) is 41.5 Å². The zero-order valence-electron chi connectivity index (χ0n) is 11.8. The lowest BCUT2D eigenvalue weighted by Gasteiger charge is -2.46. The summed E-state index contributed by atoms with van der Waals surface area (Å²) in [5, 5.41) is 0. The summed E-state index contributed by atoms with van der Waals surface area (Å²) in [7, 11) is 0. The van der Waals surface area contributed by atoms with Gasteiger partial charge in [0.2, 0.25) is 0 Å². The van der Waals surface area contributed by atoms with Gasteiger partial charge in [-0.05, 0) is 39.0 Å². The maximum Gasteiger partial charge on any atom is 0.0280 e. The lowest BCUT2D eigenvalue weighted by atomic mass is 9.73. The molecule has 0 aromatic rings. The van der Waals surface area contributed by atoms with Crippen molar-refractivity contribution in [1.29, 1.82) is 0 Å². The van der Waals surface area contributed by atoms with Gasteiger partial charge in [0.05, 0.1) is 0 Å². The molecule has 0 aromatic heterocycles. The molecule has 0 N–H and O–H groups in total. The maximum absolute atomic E-state index is 2.73. The van der Waals surface area contributed by atoms with Crippen molar-refractivity contribution in [2.45, 2.75) is 59.7 Å². The van der Waals surface area contributed by atoms with Crippen LogP contribution in [0.5, 0.6) is 0 Å². The van der Waals surface area contributed by atoms with Crippen LogP contribution in [0.4, 0.5) is 0 Å². The minimum Gasteiger partial charge on any atom is -0.299 e. The van der Waals surface area contributed by atoms with Gasteiger partial charge in [-0.1, -0.05) is 13.8 Å². The highest BCUT2D eigenvalue weighted by Crippen LogP contribution is 2.46. The van der Waals surface area contributed by atoms with Gasteiger partial charge in [-0.3, -0.25) is 9.80 Å². The Balaban J connectivity index is 2.19. The van der Waals surface area contributed by atoms with Crippen molar-refractivity contribution in [3.8, 4) is 0 Å². The average Bonchev–Trinajstić information content (AvgIpc) is 2.37. The van der Waals surface area contributed by atoms with E-state index in [9.17, 15) is 0 Å². The summed E-state index contributed by atoms with van der Waals surface area (Å²) < 4.78 is 0. The van der Waals surface area contributed by atoms with Gasteiger partial charge < -0.3 is 0 Å². The van der Waals surface area contributed by atoms with Crippen LogP contribution in [-0.4, -0.2) is 47.6 Å². The molecule has 0 aromatic carbocycles. The predicted molar refractivity (Wildman–Crippen MR) is 69.6 cm³/mol. The van der Waals surface area contributed by atoms with E-state index >= 15 is 0 Å². The molecule has 16 heavy (non-hydrogen) atoms. The summed E-state index contributed by atoms with van der Waals surface area (Å²) in [6.07, 6.45) is 0. The predicted octanol–water partition coefficient (Wildman–Crippen LogP) is 2.45. The van der Waals surface area contributed by atoms with Crippen LogP contribution in [-0.2, 0) is 0 Å². The van der Waals surface area contributed by atoms with Gasteiger partial charge in [0.1, 0.15) is 0 Å². The molecule has 0 saturated carbocycles. The first-order valence-corrected chi connectivity index (χ1v) is 6.83. The highest BCUT2D eigenvalue weighted by atomic mass is 15.3. The fourth-order valence-electron chi connectivity index (χ4n) is 3.52. The summed E-state index contributed by atoms with van der Waals surface area (Å²) in [6, 6.07) is 2.16. The Morgan fingerprint density at radius 3 is 2.06 bits per heavy atom. The minimum atomic E-state index is 0.510. The number of piperidine rings is 1. The van der Waals surface area contributed by atoms with E-state index in [1.54, 1.807) is 0 Å². The minimum absolute atomic E-state index is 0.510. The quantitative estimate of drug-likeness (QED) is 0.711. The van der Waals surface area contributed by atoms with Crippen LogP contribution in [0.25, 0.3) is 0 Å². The van der Waals surface area contributed by atoms with Crippen molar-refractivity contribution in [2.24, 2.45) is 11.3 Å². The lowest BCUT2D eigenvalue weighted by molar-refractivity contribution is 0.0342. The second-order valence-corrected chi connectivity index (χ2v) is 6.87. The average molecular weight is 224 g/mol. The summed E-state index contributed by atoms with van der Waals surface area (Å²) in [4.78, 5) is 5.40. The molecule has 2 nitrogen and oxygen atoms in total. The second-order valence-electron chi connectivity index (χ2n) is 6.87. The molecule has 2 aliphatic rings. The number of hydrogen-bond acceptors (Lipinski definition) is 2. The maximum atomic E-state index is 2.73. The Kier molecular flexibility index (Phi) is 3.09. The van der Waals surface area contributed by atoms with Crippen LogP contribution in [0, 0.1) is 11.3 Å².